The summed E-state index contributed by atoms with van der Waals surface area (Å²) in [5, 5.41) is 20.8. The van der Waals surface area contributed by atoms with Crippen molar-refractivity contribution < 1.29 is 71.9 Å². The first-order chi connectivity index (χ1) is 30.7. The molecule has 0 radical (unpaired) electrons. The number of rotatable bonds is 3. The molecule has 11 rings (SSSR count). The van der Waals surface area contributed by atoms with E-state index in [1.807, 2.05) is 13.8 Å². The summed E-state index contributed by atoms with van der Waals surface area (Å²) in [5.41, 5.74) is -2.49. The minimum atomic E-state index is -1.07. The number of ether oxygens (including phenoxy) is 11. The second-order valence-electron chi connectivity index (χ2n) is 22.8. The molecular formula is C50H70O15. The van der Waals surface area contributed by atoms with Crippen LogP contribution in [0.4, 0.5) is 0 Å². The quantitative estimate of drug-likeness (QED) is 0.210. The molecule has 2 N–H and O–H groups in total. The maximum Gasteiger partial charge on any atom is 0.331 e. The fourth-order valence-corrected chi connectivity index (χ4v) is 14.0. The molecule has 0 saturated carbocycles. The number of carbonyl (C=O) groups excluding carboxylic acids is 1. The second kappa shape index (κ2) is 15.9. The summed E-state index contributed by atoms with van der Waals surface area (Å²) in [6, 6.07) is 0. The first-order valence-corrected chi connectivity index (χ1v) is 24.5. The molecule has 11 aliphatic rings. The Morgan fingerprint density at radius 3 is 2.28 bits per heavy atom. The minimum absolute atomic E-state index is 0.0564. The Morgan fingerprint density at radius 2 is 1.48 bits per heavy atom. The normalized spacial score (nSPS) is 55.8. The molecule has 0 aliphatic carbocycles. The zero-order valence-electron chi connectivity index (χ0n) is 39.0. The van der Waals surface area contributed by atoms with E-state index in [2.05, 4.69) is 53.3 Å². The number of aliphatic hydroxyl groups is 1. The Kier molecular flexibility index (Phi) is 11.0. The molecular weight excluding hydrogens is 841 g/mol. The van der Waals surface area contributed by atoms with E-state index in [0.717, 1.165) is 24.8 Å². The highest BCUT2D eigenvalue weighted by Gasteiger charge is 2.64. The molecule has 0 aromatic carbocycles. The third-order valence-corrected chi connectivity index (χ3v) is 17.9. The second-order valence-corrected chi connectivity index (χ2v) is 22.8. The highest BCUT2D eigenvalue weighted by Crippen LogP contribution is 2.55. The molecule has 23 atom stereocenters. The van der Waals surface area contributed by atoms with Gasteiger partial charge in [-0.3, -0.25) is 0 Å². The van der Waals surface area contributed by atoms with Gasteiger partial charge in [-0.15, -0.1) is 0 Å². The molecule has 9 fully saturated rings. The van der Waals surface area contributed by atoms with E-state index in [9.17, 15) is 19.8 Å². The number of esters is 1. The van der Waals surface area contributed by atoms with Crippen molar-refractivity contribution in [3.8, 4) is 0 Å². The van der Waals surface area contributed by atoms with E-state index in [-0.39, 0.29) is 116 Å². The number of fused-ring (bicyclic) bond motifs is 10. The Balaban J connectivity index is 0.772. The van der Waals surface area contributed by atoms with Crippen LogP contribution in [0.15, 0.2) is 36.0 Å². The van der Waals surface area contributed by atoms with Crippen molar-refractivity contribution in [3.63, 3.8) is 0 Å². The number of hydrogen-bond acceptors (Lipinski definition) is 14. The van der Waals surface area contributed by atoms with Crippen LogP contribution in [0, 0.1) is 5.92 Å². The molecule has 0 amide bonds. The van der Waals surface area contributed by atoms with Crippen molar-refractivity contribution in [1.29, 1.82) is 0 Å². The molecule has 15 nitrogen and oxygen atoms in total. The van der Waals surface area contributed by atoms with Crippen LogP contribution in [-0.4, -0.2) is 154 Å². The lowest BCUT2D eigenvalue weighted by molar-refractivity contribution is -0.356. The van der Waals surface area contributed by atoms with E-state index < -0.39 is 52.3 Å². The van der Waals surface area contributed by atoms with Gasteiger partial charge in [-0.2, -0.15) is 0 Å². The Morgan fingerprint density at radius 1 is 0.723 bits per heavy atom. The van der Waals surface area contributed by atoms with Gasteiger partial charge in [-0.05, 0) is 78.7 Å². The van der Waals surface area contributed by atoms with Crippen LogP contribution in [0.25, 0.3) is 0 Å². The summed E-state index contributed by atoms with van der Waals surface area (Å²) in [4.78, 5) is 23.8. The molecule has 11 heterocycles. The molecule has 0 aromatic rings. The lowest BCUT2D eigenvalue weighted by Gasteiger charge is -2.60. The summed E-state index contributed by atoms with van der Waals surface area (Å²) >= 11 is 0. The lowest BCUT2D eigenvalue weighted by Crippen LogP contribution is -2.70. The summed E-state index contributed by atoms with van der Waals surface area (Å²) < 4.78 is 75.5. The van der Waals surface area contributed by atoms with Crippen LogP contribution in [0.5, 0.6) is 0 Å². The SMILES string of the molecule is C=C(C[C@@H]1C[C@H](O)[C@]2(C)O[C@@H]3C[C@@H]4O[C@@H]5C[C@]6(C)O[C@]7(C)CC[C@@H]8O[C@@H]9C[C@]%10(C)O[C@@H]%11C(C)=CC(=O)O[C@H]%11C[C@H]%10O[C@H]9C[C@@H](C)[C@H]8O[C@H]7C[C@H]6O[C@@]5(C)CC=C[C@H]4O[C@H]3C[C@H]2O1)C(=O)O. The highest BCUT2D eigenvalue weighted by molar-refractivity contribution is 5.85. The standard InChI is InChI=1S/C50H70O15/c1-24-15-30-35(22-48(6)37(58-30)20-34-44(64-48)25(2)16-42(52)60-34)57-29-11-13-47(5)38(61-43(24)29)21-39-49(7,65-47)23-41-46(4,63-39)12-9-10-28-31(59-41)18-33-32(56-28)19-40-50(8,62-33)36(51)17-27(55-40)14-26(3)45(53)54/h9-10,16,24,27-41,43-44,51H,3,11-15,17-23H2,1-2,4-8H3,(H,53,54)/t24-,27-,28-,29+,30+,31+,32+,33-,34+,35-,36+,37-,38+,39-,40-,41-,43-,44-,46+,47-,48+,49+,50+/m1/s1. The van der Waals surface area contributed by atoms with Gasteiger partial charge in [0.15, 0.2) is 0 Å². The Labute approximate surface area is 382 Å². The Hall–Kier alpha value is -2.28. The van der Waals surface area contributed by atoms with E-state index in [1.165, 1.54) is 0 Å². The van der Waals surface area contributed by atoms with E-state index >= 15 is 0 Å². The zero-order valence-corrected chi connectivity index (χ0v) is 39.0. The molecule has 0 bridgehead atoms. The van der Waals surface area contributed by atoms with Crippen molar-refractivity contribution in [2.75, 3.05) is 0 Å². The number of carbonyl (C=O) groups is 2. The molecule has 360 valence electrons. The van der Waals surface area contributed by atoms with E-state index in [4.69, 9.17) is 52.1 Å². The third kappa shape index (κ3) is 7.64. The number of aliphatic hydroxyl groups excluding tert-OH is 1. The van der Waals surface area contributed by atoms with Crippen molar-refractivity contribution >= 4 is 11.9 Å². The van der Waals surface area contributed by atoms with Crippen LogP contribution in [0.2, 0.25) is 0 Å². The van der Waals surface area contributed by atoms with Crippen LogP contribution in [0.3, 0.4) is 0 Å². The molecule has 0 aromatic heterocycles. The maximum atomic E-state index is 12.3. The third-order valence-electron chi connectivity index (χ3n) is 17.9. The molecule has 0 spiro atoms. The van der Waals surface area contributed by atoms with Crippen molar-refractivity contribution in [3.05, 3.63) is 36.0 Å². The lowest BCUT2D eigenvalue weighted by atomic mass is 9.72. The largest absolute Gasteiger partial charge is 0.478 e. The van der Waals surface area contributed by atoms with E-state index in [0.29, 0.717) is 44.9 Å². The molecule has 9 saturated heterocycles. The van der Waals surface area contributed by atoms with Gasteiger partial charge in [0.25, 0.3) is 0 Å². The molecule has 11 aliphatic heterocycles. The van der Waals surface area contributed by atoms with Gasteiger partial charge >= 0.3 is 11.9 Å². The van der Waals surface area contributed by atoms with Crippen LogP contribution < -0.4 is 0 Å². The highest BCUT2D eigenvalue weighted by atomic mass is 16.7. The summed E-state index contributed by atoms with van der Waals surface area (Å²) in [5.74, 6) is -1.22. The fraction of sp³-hybridized carbons (Fsp3) is 0.840. The van der Waals surface area contributed by atoms with Crippen LogP contribution in [-0.2, 0) is 61.7 Å². The summed E-state index contributed by atoms with van der Waals surface area (Å²) in [6.45, 7) is 18.4. The van der Waals surface area contributed by atoms with Crippen LogP contribution in [0.1, 0.15) is 126 Å². The Bertz CT molecular complexity index is 1990. The van der Waals surface area contributed by atoms with Gasteiger partial charge in [-0.25, -0.2) is 9.59 Å². The van der Waals surface area contributed by atoms with Gasteiger partial charge < -0.3 is 62.3 Å². The number of carboxylic acid groups (broad SMARTS) is 1. The predicted molar refractivity (Wildman–Crippen MR) is 230 cm³/mol. The van der Waals surface area contributed by atoms with Gasteiger partial charge in [-0.1, -0.05) is 25.7 Å². The van der Waals surface area contributed by atoms with Crippen LogP contribution >= 0.6 is 0 Å². The average molecular weight is 911 g/mol. The van der Waals surface area contributed by atoms with Crippen molar-refractivity contribution in [2.45, 2.75) is 257 Å². The van der Waals surface area contributed by atoms with Gasteiger partial charge in [0.2, 0.25) is 0 Å². The van der Waals surface area contributed by atoms with Gasteiger partial charge in [0.05, 0.1) is 108 Å². The number of hydrogen-bond donors (Lipinski definition) is 2. The van der Waals surface area contributed by atoms with Gasteiger partial charge in [0, 0.05) is 63.0 Å². The zero-order chi connectivity index (χ0) is 45.6. The maximum absolute atomic E-state index is 12.3. The monoisotopic (exact) mass is 910 g/mol. The predicted octanol–water partition coefficient (Wildman–Crippen LogP) is 5.36. The topological polar surface area (TPSA) is 176 Å². The smallest absolute Gasteiger partial charge is 0.331 e. The average Bonchev–Trinajstić information content (AvgIpc) is 3.43. The molecule has 15 heteroatoms. The number of aliphatic carboxylic acids is 1. The summed E-state index contributed by atoms with van der Waals surface area (Å²) in [7, 11) is 0. The molecule has 0 unspecified atom stereocenters. The fourth-order valence-electron chi connectivity index (χ4n) is 14.0. The van der Waals surface area contributed by atoms with Gasteiger partial charge in [0.1, 0.15) is 23.9 Å². The first-order valence-electron chi connectivity index (χ1n) is 24.5. The molecule has 65 heavy (non-hydrogen) atoms. The first kappa shape index (κ1) is 45.2. The van der Waals surface area contributed by atoms with Crippen molar-refractivity contribution in [1.82, 2.24) is 0 Å². The number of carboxylic acids is 1. The van der Waals surface area contributed by atoms with Crippen molar-refractivity contribution in [2.24, 2.45) is 5.92 Å². The summed E-state index contributed by atoms with van der Waals surface area (Å²) in [6.07, 6.45) is 7.62. The van der Waals surface area contributed by atoms with E-state index in [1.54, 1.807) is 6.08 Å². The minimum Gasteiger partial charge on any atom is -0.478 e.